The second-order valence-electron chi connectivity index (χ2n) is 5.34. The number of carbonyl (C=O) groups is 1. The summed E-state index contributed by atoms with van der Waals surface area (Å²) in [6, 6.07) is 4.72. The molecule has 0 spiro atoms. The smallest absolute Gasteiger partial charge is 0.266 e. The zero-order valence-electron chi connectivity index (χ0n) is 13.0. The Labute approximate surface area is 133 Å². The Morgan fingerprint density at radius 2 is 2.17 bits per heavy atom. The van der Waals surface area contributed by atoms with Gasteiger partial charge in [-0.1, -0.05) is 25.8 Å². The van der Waals surface area contributed by atoms with Crippen LogP contribution in [0.2, 0.25) is 0 Å². The van der Waals surface area contributed by atoms with E-state index in [4.69, 9.17) is 0 Å². The number of unbranched alkanes of at least 4 members (excludes halogenated alkanes) is 1. The van der Waals surface area contributed by atoms with Gasteiger partial charge in [0.25, 0.3) is 11.1 Å². The van der Waals surface area contributed by atoms with Gasteiger partial charge >= 0.3 is 0 Å². The molecule has 7 heteroatoms. The van der Waals surface area contributed by atoms with E-state index >= 15 is 0 Å². The van der Waals surface area contributed by atoms with Crippen LogP contribution in [0.4, 0.5) is 0 Å². The van der Waals surface area contributed by atoms with Gasteiger partial charge in [0.2, 0.25) is 5.91 Å². The lowest BCUT2D eigenvalue weighted by Crippen LogP contribution is -2.32. The first-order chi connectivity index (χ1) is 11.1. The van der Waals surface area contributed by atoms with Crippen LogP contribution >= 0.6 is 0 Å². The molecule has 122 valence electrons. The van der Waals surface area contributed by atoms with Crippen molar-refractivity contribution in [1.82, 2.24) is 20.5 Å². The average Bonchev–Trinajstić information content (AvgIpc) is 2.55. The Morgan fingerprint density at radius 1 is 1.35 bits per heavy atom. The van der Waals surface area contributed by atoms with Crippen LogP contribution in [-0.4, -0.2) is 21.1 Å². The van der Waals surface area contributed by atoms with Gasteiger partial charge in [-0.05, 0) is 18.1 Å². The molecule has 2 rings (SSSR count). The quantitative estimate of drug-likeness (QED) is 0.709. The second-order valence-corrected chi connectivity index (χ2v) is 5.34. The number of nitrogens with zero attached hydrogens (tertiary/aromatic N) is 1. The Hall–Kier alpha value is -2.70. The first-order valence-electron chi connectivity index (χ1n) is 7.60. The number of amides is 1. The molecule has 0 saturated carbocycles. The highest BCUT2D eigenvalue weighted by Crippen LogP contribution is 2.18. The van der Waals surface area contributed by atoms with Gasteiger partial charge in [0.15, 0.2) is 0 Å². The standard InChI is InChI=1S/C16H20N4O3/c1-2-3-6-13(11-5-4-7-17-10-11)18-14(21)8-12-9-15(22)19-20-16(12)23/h4-5,7,9-10,13H,2-3,6,8H2,1H3,(H,18,21)(H,19,22)(H,20,23)/t13-/m1/s1. The Bertz CT molecular complexity index is 752. The third-order valence-electron chi connectivity index (χ3n) is 3.52. The van der Waals surface area contributed by atoms with E-state index in [2.05, 4.69) is 27.4 Å². The predicted molar refractivity (Wildman–Crippen MR) is 86.0 cm³/mol. The molecular weight excluding hydrogens is 296 g/mol. The molecule has 1 atom stereocenters. The van der Waals surface area contributed by atoms with E-state index in [1.807, 2.05) is 12.1 Å². The van der Waals surface area contributed by atoms with Crippen molar-refractivity contribution in [3.8, 4) is 0 Å². The van der Waals surface area contributed by atoms with E-state index in [0.717, 1.165) is 30.9 Å². The van der Waals surface area contributed by atoms with Gasteiger partial charge in [-0.3, -0.25) is 29.6 Å². The van der Waals surface area contributed by atoms with Crippen LogP contribution in [0, 0.1) is 0 Å². The molecule has 0 fully saturated rings. The summed E-state index contributed by atoms with van der Waals surface area (Å²) < 4.78 is 0. The van der Waals surface area contributed by atoms with Gasteiger partial charge in [-0.15, -0.1) is 0 Å². The molecule has 2 aromatic rings. The van der Waals surface area contributed by atoms with Crippen LogP contribution in [0.1, 0.15) is 43.4 Å². The summed E-state index contributed by atoms with van der Waals surface area (Å²) in [6.07, 6.45) is 6.03. The zero-order valence-corrected chi connectivity index (χ0v) is 13.0. The predicted octanol–water partition coefficient (Wildman–Crippen LogP) is 1.05. The lowest BCUT2D eigenvalue weighted by molar-refractivity contribution is -0.121. The van der Waals surface area contributed by atoms with Crippen LogP contribution in [0.3, 0.4) is 0 Å². The molecule has 7 nitrogen and oxygen atoms in total. The van der Waals surface area contributed by atoms with Gasteiger partial charge in [0, 0.05) is 24.0 Å². The fourth-order valence-electron chi connectivity index (χ4n) is 2.32. The molecule has 3 N–H and O–H groups in total. The van der Waals surface area contributed by atoms with Crippen LogP contribution in [0.25, 0.3) is 0 Å². The molecular formula is C16H20N4O3. The summed E-state index contributed by atoms with van der Waals surface area (Å²) >= 11 is 0. The van der Waals surface area contributed by atoms with Crippen molar-refractivity contribution in [2.75, 3.05) is 0 Å². The summed E-state index contributed by atoms with van der Waals surface area (Å²) in [7, 11) is 0. The minimum Gasteiger partial charge on any atom is -0.349 e. The largest absolute Gasteiger partial charge is 0.349 e. The lowest BCUT2D eigenvalue weighted by Gasteiger charge is -2.18. The summed E-state index contributed by atoms with van der Waals surface area (Å²) in [5, 5.41) is 7.30. The first kappa shape index (κ1) is 16.7. The van der Waals surface area contributed by atoms with Crippen molar-refractivity contribution in [1.29, 1.82) is 0 Å². The van der Waals surface area contributed by atoms with Crippen LogP contribution in [0.5, 0.6) is 0 Å². The number of H-pyrrole nitrogens is 2. The fourth-order valence-corrected chi connectivity index (χ4v) is 2.32. The Morgan fingerprint density at radius 3 is 2.87 bits per heavy atom. The molecule has 0 aliphatic carbocycles. The number of hydrogen-bond acceptors (Lipinski definition) is 4. The van der Waals surface area contributed by atoms with Gasteiger partial charge in [0.05, 0.1) is 12.5 Å². The summed E-state index contributed by atoms with van der Waals surface area (Å²) in [6.45, 7) is 2.08. The monoisotopic (exact) mass is 316 g/mol. The van der Waals surface area contributed by atoms with Crippen molar-refractivity contribution < 1.29 is 4.79 Å². The maximum absolute atomic E-state index is 12.2. The molecule has 2 aromatic heterocycles. The molecule has 0 bridgehead atoms. The van der Waals surface area contributed by atoms with Crippen LogP contribution in [0.15, 0.2) is 40.2 Å². The highest BCUT2D eigenvalue weighted by Gasteiger charge is 2.16. The second kappa shape index (κ2) is 8.07. The summed E-state index contributed by atoms with van der Waals surface area (Å²) in [5.74, 6) is -0.300. The maximum atomic E-state index is 12.2. The molecule has 1 amide bonds. The number of rotatable bonds is 7. The van der Waals surface area contributed by atoms with Gasteiger partial charge in [0.1, 0.15) is 0 Å². The Kier molecular flexibility index (Phi) is 5.85. The van der Waals surface area contributed by atoms with E-state index in [1.165, 1.54) is 0 Å². The van der Waals surface area contributed by atoms with Gasteiger partial charge < -0.3 is 5.32 Å². The van der Waals surface area contributed by atoms with Crippen LogP contribution in [-0.2, 0) is 11.2 Å². The van der Waals surface area contributed by atoms with Crippen molar-refractivity contribution in [3.63, 3.8) is 0 Å². The SMILES string of the molecule is CCCC[C@@H](NC(=O)Cc1cc(=O)[nH][nH]c1=O)c1cccnc1. The molecule has 0 aliphatic rings. The van der Waals surface area contributed by atoms with Crippen molar-refractivity contribution in [3.05, 3.63) is 62.4 Å². The molecule has 23 heavy (non-hydrogen) atoms. The number of nitrogens with one attached hydrogen (secondary N) is 3. The van der Waals surface area contributed by atoms with E-state index in [-0.39, 0.29) is 23.9 Å². The van der Waals surface area contributed by atoms with E-state index in [9.17, 15) is 14.4 Å². The van der Waals surface area contributed by atoms with Gasteiger partial charge in [-0.25, -0.2) is 0 Å². The van der Waals surface area contributed by atoms with E-state index in [1.54, 1.807) is 12.4 Å². The highest BCUT2D eigenvalue weighted by molar-refractivity contribution is 5.78. The number of pyridine rings is 1. The molecule has 0 saturated heterocycles. The summed E-state index contributed by atoms with van der Waals surface area (Å²) in [5.41, 5.74) is 0.161. The number of carbonyl (C=O) groups excluding carboxylic acids is 1. The van der Waals surface area contributed by atoms with Crippen molar-refractivity contribution in [2.24, 2.45) is 0 Å². The molecule has 0 radical (unpaired) electrons. The summed E-state index contributed by atoms with van der Waals surface area (Å²) in [4.78, 5) is 39.2. The van der Waals surface area contributed by atoms with Crippen molar-refractivity contribution >= 4 is 5.91 Å². The lowest BCUT2D eigenvalue weighted by atomic mass is 10.0. The fraction of sp³-hybridized carbons (Fsp3) is 0.375. The molecule has 0 unspecified atom stereocenters. The third kappa shape index (κ3) is 4.91. The maximum Gasteiger partial charge on any atom is 0.266 e. The topological polar surface area (TPSA) is 108 Å². The van der Waals surface area contributed by atoms with Crippen LogP contribution < -0.4 is 16.4 Å². The Balaban J connectivity index is 2.09. The first-order valence-corrected chi connectivity index (χ1v) is 7.60. The number of hydrogen-bond donors (Lipinski definition) is 3. The highest BCUT2D eigenvalue weighted by atomic mass is 16.2. The third-order valence-corrected chi connectivity index (χ3v) is 3.52. The number of aromatic nitrogens is 3. The molecule has 0 aliphatic heterocycles. The normalized spacial score (nSPS) is 11.9. The molecule has 2 heterocycles. The average molecular weight is 316 g/mol. The van der Waals surface area contributed by atoms with Crippen molar-refractivity contribution in [2.45, 2.75) is 38.6 Å². The molecule has 0 aromatic carbocycles. The number of aromatic amines is 2. The minimum atomic E-state index is -0.466. The van der Waals surface area contributed by atoms with E-state index < -0.39 is 11.1 Å². The zero-order chi connectivity index (χ0) is 16.7. The van der Waals surface area contributed by atoms with Gasteiger partial charge in [-0.2, -0.15) is 0 Å². The van der Waals surface area contributed by atoms with E-state index in [0.29, 0.717) is 0 Å². The minimum absolute atomic E-state index is 0.137.